The van der Waals surface area contributed by atoms with Crippen LogP contribution in [-0.4, -0.2) is 78.1 Å². The molecule has 1 heterocycles. The van der Waals surface area contributed by atoms with Crippen LogP contribution in [0, 0.1) is 0 Å². The van der Waals surface area contributed by atoms with Gasteiger partial charge in [0.2, 0.25) is 5.91 Å². The van der Waals surface area contributed by atoms with Gasteiger partial charge in [0, 0.05) is 31.6 Å². The zero-order chi connectivity index (χ0) is 18.8. The zero-order valence-corrected chi connectivity index (χ0v) is 15.9. The fourth-order valence-electron chi connectivity index (χ4n) is 2.19. The number of aliphatic hydroxyl groups is 2. The number of hydrogen-bond acceptors (Lipinski definition) is 9. The Morgan fingerprint density at radius 1 is 1.24 bits per heavy atom. The third-order valence-corrected chi connectivity index (χ3v) is 5.90. The molecule has 0 aromatic rings. The maximum atomic E-state index is 11.9. The summed E-state index contributed by atoms with van der Waals surface area (Å²) in [6.07, 6.45) is -5.08. The topological polar surface area (TPSA) is 140 Å². The van der Waals surface area contributed by atoms with Crippen molar-refractivity contribution in [2.75, 3.05) is 25.2 Å². The molecule has 5 N–H and O–H groups in total. The molecule has 0 aromatic heterocycles. The Morgan fingerprint density at radius 3 is 2.52 bits per heavy atom. The van der Waals surface area contributed by atoms with Crippen LogP contribution in [-0.2, 0) is 19.0 Å². The summed E-state index contributed by atoms with van der Waals surface area (Å²) in [6, 6.07) is 0. The van der Waals surface area contributed by atoms with Gasteiger partial charge < -0.3 is 35.5 Å². The van der Waals surface area contributed by atoms with Crippen LogP contribution < -0.4 is 11.1 Å². The summed E-state index contributed by atoms with van der Waals surface area (Å²) < 4.78 is 15.6. The Bertz CT molecular complexity index is 414. The highest BCUT2D eigenvalue weighted by molar-refractivity contribution is 8.76. The first-order valence-electron chi connectivity index (χ1n) is 7.92. The van der Waals surface area contributed by atoms with E-state index in [0.717, 1.165) is 0 Å². The SMILES string of the molecule is CCC1O[C@H](OC)C(O)[C@@H](OC(=O)NCCSSCCC(N)=O)[C@@H]1O. The van der Waals surface area contributed by atoms with Gasteiger partial charge in [-0.1, -0.05) is 28.5 Å². The fraction of sp³-hybridized carbons (Fsp3) is 0.857. The highest BCUT2D eigenvalue weighted by Crippen LogP contribution is 2.26. The molecular formula is C14H26N2O7S2. The quantitative estimate of drug-likeness (QED) is 0.292. The minimum atomic E-state index is -1.28. The molecule has 146 valence electrons. The first kappa shape index (κ1) is 22.3. The number of alkyl carbamates (subject to hydrolysis) is 1. The van der Waals surface area contributed by atoms with E-state index in [0.29, 0.717) is 30.9 Å². The van der Waals surface area contributed by atoms with E-state index in [1.807, 2.05) is 6.92 Å². The molecule has 0 radical (unpaired) electrons. The summed E-state index contributed by atoms with van der Waals surface area (Å²) >= 11 is 0. The Kier molecular flexibility index (Phi) is 10.5. The summed E-state index contributed by atoms with van der Waals surface area (Å²) in [7, 11) is 4.34. The Labute approximate surface area is 154 Å². The maximum Gasteiger partial charge on any atom is 0.407 e. The van der Waals surface area contributed by atoms with Gasteiger partial charge in [-0.2, -0.15) is 0 Å². The molecule has 0 spiro atoms. The van der Waals surface area contributed by atoms with Crippen molar-refractivity contribution in [1.29, 1.82) is 0 Å². The van der Waals surface area contributed by atoms with Crippen LogP contribution >= 0.6 is 21.6 Å². The molecule has 1 fully saturated rings. The molecule has 0 bridgehead atoms. The lowest BCUT2D eigenvalue weighted by molar-refractivity contribution is -0.289. The predicted octanol–water partition coefficient (Wildman–Crippen LogP) is -0.159. The molecule has 1 aliphatic heterocycles. The molecule has 0 aromatic carbocycles. The molecule has 1 aliphatic rings. The number of aliphatic hydroxyl groups excluding tert-OH is 2. The van der Waals surface area contributed by atoms with Gasteiger partial charge in [0.25, 0.3) is 0 Å². The molecule has 1 saturated heterocycles. The van der Waals surface area contributed by atoms with E-state index in [1.165, 1.54) is 28.7 Å². The van der Waals surface area contributed by atoms with Crippen molar-refractivity contribution in [1.82, 2.24) is 5.32 Å². The van der Waals surface area contributed by atoms with Crippen LogP contribution in [0.3, 0.4) is 0 Å². The smallest absolute Gasteiger partial charge is 0.407 e. The van der Waals surface area contributed by atoms with Crippen molar-refractivity contribution in [3.8, 4) is 0 Å². The second-order valence-electron chi connectivity index (χ2n) is 5.33. The van der Waals surface area contributed by atoms with E-state index >= 15 is 0 Å². The largest absolute Gasteiger partial charge is 0.440 e. The van der Waals surface area contributed by atoms with Crippen molar-refractivity contribution >= 4 is 33.6 Å². The second-order valence-corrected chi connectivity index (χ2v) is 8.03. The molecule has 2 amide bonds. The van der Waals surface area contributed by atoms with Crippen LogP contribution in [0.1, 0.15) is 19.8 Å². The standard InChI is InChI=1S/C14H26N2O7S2/c1-3-8-10(18)12(11(19)13(21-2)22-8)23-14(20)16-5-7-25-24-6-4-9(15)17/h8,10-13,18-19H,3-7H2,1-2H3,(H2,15,17)(H,16,20)/t8?,10-,11?,12+,13+/m1/s1. The molecule has 25 heavy (non-hydrogen) atoms. The van der Waals surface area contributed by atoms with E-state index in [1.54, 1.807) is 0 Å². The average molecular weight is 399 g/mol. The number of hydrogen-bond donors (Lipinski definition) is 4. The average Bonchev–Trinajstić information content (AvgIpc) is 2.57. The molecule has 9 nitrogen and oxygen atoms in total. The molecule has 0 aliphatic carbocycles. The normalized spacial score (nSPS) is 29.2. The number of carbonyl (C=O) groups excluding carboxylic acids is 2. The number of amides is 2. The van der Waals surface area contributed by atoms with Crippen molar-refractivity contribution in [3.63, 3.8) is 0 Å². The third-order valence-electron chi connectivity index (χ3n) is 3.49. The van der Waals surface area contributed by atoms with E-state index in [9.17, 15) is 19.8 Å². The molecule has 5 atom stereocenters. The van der Waals surface area contributed by atoms with Gasteiger partial charge in [0.15, 0.2) is 12.4 Å². The van der Waals surface area contributed by atoms with Gasteiger partial charge in [-0.05, 0) is 6.42 Å². The van der Waals surface area contributed by atoms with Crippen LogP contribution in [0.4, 0.5) is 4.79 Å². The lowest BCUT2D eigenvalue weighted by atomic mass is 9.97. The Hall–Kier alpha value is -0.720. The van der Waals surface area contributed by atoms with Crippen LogP contribution in [0.2, 0.25) is 0 Å². The molecule has 2 unspecified atom stereocenters. The fourth-order valence-corrected chi connectivity index (χ4v) is 4.11. The van der Waals surface area contributed by atoms with Crippen LogP contribution in [0.25, 0.3) is 0 Å². The zero-order valence-electron chi connectivity index (χ0n) is 14.3. The molecule has 0 saturated carbocycles. The van der Waals surface area contributed by atoms with Gasteiger partial charge in [-0.25, -0.2) is 4.79 Å². The second kappa shape index (κ2) is 11.8. The maximum absolute atomic E-state index is 11.9. The number of carbonyl (C=O) groups is 2. The predicted molar refractivity (Wildman–Crippen MR) is 95.0 cm³/mol. The third kappa shape index (κ3) is 7.59. The van der Waals surface area contributed by atoms with E-state index < -0.39 is 36.8 Å². The van der Waals surface area contributed by atoms with Crippen LogP contribution in [0.5, 0.6) is 0 Å². The summed E-state index contributed by atoms with van der Waals surface area (Å²) in [4.78, 5) is 22.4. The van der Waals surface area contributed by atoms with Crippen LogP contribution in [0.15, 0.2) is 0 Å². The monoisotopic (exact) mass is 398 g/mol. The number of ether oxygens (including phenoxy) is 3. The number of nitrogens with two attached hydrogens (primary N) is 1. The summed E-state index contributed by atoms with van der Waals surface area (Å²) in [6.45, 7) is 2.15. The Morgan fingerprint density at radius 2 is 1.92 bits per heavy atom. The number of primary amides is 1. The minimum absolute atomic E-state index is 0.311. The number of methoxy groups -OCH3 is 1. The van der Waals surface area contributed by atoms with Gasteiger partial charge in [0.1, 0.15) is 12.2 Å². The summed E-state index contributed by atoms with van der Waals surface area (Å²) in [5, 5.41) is 22.8. The first-order chi connectivity index (χ1) is 11.9. The van der Waals surface area contributed by atoms with Gasteiger partial charge >= 0.3 is 6.09 Å². The number of nitrogens with one attached hydrogen (secondary N) is 1. The van der Waals surface area contributed by atoms with E-state index in [-0.39, 0.29) is 5.91 Å². The van der Waals surface area contributed by atoms with Crippen molar-refractivity contribution in [2.24, 2.45) is 5.73 Å². The summed E-state index contributed by atoms with van der Waals surface area (Å²) in [5.41, 5.74) is 5.03. The lowest BCUT2D eigenvalue weighted by Crippen LogP contribution is -2.59. The summed E-state index contributed by atoms with van der Waals surface area (Å²) in [5.74, 6) is 0.875. The van der Waals surface area contributed by atoms with E-state index in [4.69, 9.17) is 19.9 Å². The van der Waals surface area contributed by atoms with E-state index in [2.05, 4.69) is 5.32 Å². The molecule has 1 rings (SSSR count). The molecule has 11 heteroatoms. The minimum Gasteiger partial charge on any atom is -0.440 e. The van der Waals surface area contributed by atoms with Crippen molar-refractivity contribution < 1.29 is 34.0 Å². The first-order valence-corrected chi connectivity index (χ1v) is 10.4. The van der Waals surface area contributed by atoms with Gasteiger partial charge in [-0.15, -0.1) is 0 Å². The van der Waals surface area contributed by atoms with Crippen molar-refractivity contribution in [2.45, 2.75) is 50.5 Å². The number of rotatable bonds is 10. The van der Waals surface area contributed by atoms with Crippen molar-refractivity contribution in [3.05, 3.63) is 0 Å². The lowest BCUT2D eigenvalue weighted by Gasteiger charge is -2.41. The molecular weight excluding hydrogens is 372 g/mol. The Balaban J connectivity index is 2.32. The van der Waals surface area contributed by atoms with Gasteiger partial charge in [0.05, 0.1) is 6.10 Å². The highest BCUT2D eigenvalue weighted by atomic mass is 33.1. The van der Waals surface area contributed by atoms with Gasteiger partial charge in [-0.3, -0.25) is 4.79 Å². The highest BCUT2D eigenvalue weighted by Gasteiger charge is 2.46.